The van der Waals surface area contributed by atoms with Crippen LogP contribution in [0, 0.1) is 0 Å². The smallest absolute Gasteiger partial charge is 0.269 e. The minimum atomic E-state index is -0.0523. The summed E-state index contributed by atoms with van der Waals surface area (Å²) >= 11 is 0. The molecule has 0 atom stereocenters. The summed E-state index contributed by atoms with van der Waals surface area (Å²) in [6.07, 6.45) is 5.55. The first-order chi connectivity index (χ1) is 14.0. The largest absolute Gasteiger partial charge is 0.365 e. The number of carbonyl (C=O) groups excluding carboxylic acids is 2. The Labute approximate surface area is 169 Å². The van der Waals surface area contributed by atoms with Gasteiger partial charge in [-0.15, -0.1) is 0 Å². The van der Waals surface area contributed by atoms with Crippen molar-refractivity contribution in [1.29, 1.82) is 0 Å². The molecule has 0 radical (unpaired) electrons. The van der Waals surface area contributed by atoms with Gasteiger partial charge in [0.2, 0.25) is 5.91 Å². The number of benzene rings is 1. The van der Waals surface area contributed by atoms with Crippen LogP contribution in [0.3, 0.4) is 0 Å². The molecule has 7 heteroatoms. The molecule has 0 fully saturated rings. The molecule has 0 saturated heterocycles. The van der Waals surface area contributed by atoms with E-state index in [2.05, 4.69) is 28.3 Å². The third-order valence-electron chi connectivity index (χ3n) is 5.22. The van der Waals surface area contributed by atoms with Gasteiger partial charge in [-0.2, -0.15) is 0 Å². The van der Waals surface area contributed by atoms with E-state index in [-0.39, 0.29) is 11.8 Å². The van der Waals surface area contributed by atoms with Crippen LogP contribution in [0.5, 0.6) is 0 Å². The summed E-state index contributed by atoms with van der Waals surface area (Å²) < 4.78 is 4.82. The molecule has 0 aliphatic carbocycles. The second-order valence-corrected chi connectivity index (χ2v) is 7.51. The van der Waals surface area contributed by atoms with Gasteiger partial charge in [0, 0.05) is 57.0 Å². The Kier molecular flexibility index (Phi) is 5.20. The molecule has 0 spiro atoms. The highest BCUT2D eigenvalue weighted by Gasteiger charge is 2.20. The number of rotatable bonds is 5. The third kappa shape index (κ3) is 4.08. The van der Waals surface area contributed by atoms with Gasteiger partial charge in [0.05, 0.1) is 5.69 Å². The Morgan fingerprint density at radius 1 is 1.24 bits per heavy atom. The van der Waals surface area contributed by atoms with Gasteiger partial charge in [-0.3, -0.25) is 9.59 Å². The minimum Gasteiger partial charge on any atom is -0.365 e. The zero-order valence-electron chi connectivity index (χ0n) is 16.6. The average Bonchev–Trinajstić information content (AvgIpc) is 3.40. The van der Waals surface area contributed by atoms with E-state index in [1.807, 2.05) is 17.0 Å². The van der Waals surface area contributed by atoms with E-state index in [1.54, 1.807) is 25.1 Å². The Bertz CT molecular complexity index is 1060. The number of nitrogens with one attached hydrogen (secondary N) is 1. The van der Waals surface area contributed by atoms with Crippen LogP contribution in [0.2, 0.25) is 0 Å². The van der Waals surface area contributed by atoms with E-state index in [1.165, 1.54) is 6.26 Å². The molecule has 0 bridgehead atoms. The number of fused-ring (bicyclic) bond motifs is 1. The number of hydrogen-bond donors (Lipinski definition) is 1. The number of carbonyl (C=O) groups is 2. The lowest BCUT2D eigenvalue weighted by Crippen LogP contribution is -2.35. The molecule has 4 rings (SSSR count). The predicted octanol–water partition coefficient (Wildman–Crippen LogP) is 3.11. The quantitative estimate of drug-likeness (QED) is 0.723. The third-order valence-corrected chi connectivity index (χ3v) is 5.22. The maximum absolute atomic E-state index is 12.6. The summed E-state index contributed by atoms with van der Waals surface area (Å²) in [6, 6.07) is 9.78. The van der Waals surface area contributed by atoms with Crippen LogP contribution in [0.4, 0.5) is 0 Å². The summed E-state index contributed by atoms with van der Waals surface area (Å²) in [7, 11) is 3.47. The van der Waals surface area contributed by atoms with Crippen molar-refractivity contribution in [2.75, 3.05) is 27.2 Å². The zero-order valence-corrected chi connectivity index (χ0v) is 16.6. The maximum atomic E-state index is 12.6. The Hall–Kier alpha value is -3.35. The van der Waals surface area contributed by atoms with Crippen LogP contribution in [0.15, 0.2) is 47.2 Å². The van der Waals surface area contributed by atoms with Crippen molar-refractivity contribution in [2.45, 2.75) is 19.3 Å². The van der Waals surface area contributed by atoms with Crippen LogP contribution in [0.1, 0.15) is 34.6 Å². The van der Waals surface area contributed by atoms with E-state index < -0.39 is 0 Å². The van der Waals surface area contributed by atoms with Crippen molar-refractivity contribution in [2.24, 2.45) is 0 Å². The molecule has 29 heavy (non-hydrogen) atoms. The number of nitrogens with zero attached hydrogens (tertiary/aromatic N) is 3. The molecular weight excluding hydrogens is 368 g/mol. The lowest BCUT2D eigenvalue weighted by atomic mass is 9.99. The number of hydrogen-bond acceptors (Lipinski definition) is 4. The van der Waals surface area contributed by atoms with Gasteiger partial charge in [0.25, 0.3) is 5.91 Å². The van der Waals surface area contributed by atoms with Crippen LogP contribution in [-0.4, -0.2) is 58.9 Å². The lowest BCUT2D eigenvalue weighted by molar-refractivity contribution is -0.130. The van der Waals surface area contributed by atoms with Crippen LogP contribution >= 0.6 is 0 Å². The van der Waals surface area contributed by atoms with E-state index >= 15 is 0 Å². The Morgan fingerprint density at radius 2 is 2.10 bits per heavy atom. The molecule has 1 N–H and O–H groups in total. The van der Waals surface area contributed by atoms with E-state index in [0.29, 0.717) is 25.1 Å². The SMILES string of the molecule is CN(C)C(=O)c1cc2ccc(C3=CCCN(C(=O)CCc4ccon4)C3)cc2[nH]1. The molecule has 0 unspecified atom stereocenters. The molecule has 2 amide bonds. The van der Waals surface area contributed by atoms with Crippen molar-refractivity contribution < 1.29 is 14.1 Å². The highest BCUT2D eigenvalue weighted by atomic mass is 16.5. The summed E-state index contributed by atoms with van der Waals surface area (Å²) in [5.41, 5.74) is 4.49. The van der Waals surface area contributed by atoms with Crippen molar-refractivity contribution in [1.82, 2.24) is 19.9 Å². The second kappa shape index (κ2) is 7.95. The van der Waals surface area contributed by atoms with Crippen molar-refractivity contribution >= 4 is 28.3 Å². The number of aryl methyl sites for hydroxylation is 1. The number of H-pyrrole nitrogens is 1. The molecule has 150 valence electrons. The highest BCUT2D eigenvalue weighted by Crippen LogP contribution is 2.26. The fraction of sp³-hybridized carbons (Fsp3) is 0.318. The molecule has 0 saturated carbocycles. The van der Waals surface area contributed by atoms with Gasteiger partial charge < -0.3 is 19.3 Å². The van der Waals surface area contributed by atoms with E-state index in [4.69, 9.17) is 4.52 Å². The standard InChI is InChI=1S/C22H24N4O3/c1-25(2)22(28)20-13-16-6-5-15(12-19(16)23-20)17-4-3-10-26(14-17)21(27)8-7-18-9-11-29-24-18/h4-6,9,11-13,23H,3,7-8,10,14H2,1-2H3. The fourth-order valence-corrected chi connectivity index (χ4v) is 3.61. The van der Waals surface area contributed by atoms with Gasteiger partial charge in [0.15, 0.2) is 0 Å². The summed E-state index contributed by atoms with van der Waals surface area (Å²) in [6.45, 7) is 1.32. The predicted molar refractivity (Wildman–Crippen MR) is 110 cm³/mol. The molecule has 7 nitrogen and oxygen atoms in total. The minimum absolute atomic E-state index is 0.0523. The summed E-state index contributed by atoms with van der Waals surface area (Å²) in [4.78, 5) is 31.5. The first-order valence-electron chi connectivity index (χ1n) is 9.72. The molecule has 3 heterocycles. The monoisotopic (exact) mass is 392 g/mol. The van der Waals surface area contributed by atoms with Gasteiger partial charge in [-0.25, -0.2) is 0 Å². The van der Waals surface area contributed by atoms with Crippen molar-refractivity contribution in [3.05, 3.63) is 59.6 Å². The Morgan fingerprint density at radius 3 is 2.86 bits per heavy atom. The number of aromatic amines is 1. The maximum Gasteiger partial charge on any atom is 0.269 e. The summed E-state index contributed by atoms with van der Waals surface area (Å²) in [5, 5.41) is 4.86. The normalized spacial score (nSPS) is 14.1. The van der Waals surface area contributed by atoms with E-state index in [0.717, 1.165) is 40.7 Å². The first kappa shape index (κ1) is 19.0. The first-order valence-corrected chi connectivity index (χ1v) is 9.72. The van der Waals surface area contributed by atoms with Gasteiger partial charge in [-0.1, -0.05) is 23.4 Å². The lowest BCUT2D eigenvalue weighted by Gasteiger charge is -2.27. The van der Waals surface area contributed by atoms with Crippen molar-refractivity contribution in [3.8, 4) is 0 Å². The zero-order chi connectivity index (χ0) is 20.4. The molecule has 1 aliphatic rings. The molecule has 3 aromatic rings. The highest BCUT2D eigenvalue weighted by molar-refractivity contribution is 5.98. The van der Waals surface area contributed by atoms with Crippen LogP contribution < -0.4 is 0 Å². The average molecular weight is 392 g/mol. The fourth-order valence-electron chi connectivity index (χ4n) is 3.61. The van der Waals surface area contributed by atoms with Crippen LogP contribution in [0.25, 0.3) is 16.5 Å². The van der Waals surface area contributed by atoms with Crippen LogP contribution in [-0.2, 0) is 11.2 Å². The summed E-state index contributed by atoms with van der Waals surface area (Å²) in [5.74, 6) is 0.0712. The number of amides is 2. The Balaban J connectivity index is 1.47. The molecule has 1 aromatic carbocycles. The topological polar surface area (TPSA) is 82.4 Å². The van der Waals surface area contributed by atoms with Gasteiger partial charge in [0.1, 0.15) is 12.0 Å². The number of aromatic nitrogens is 2. The molecular formula is C22H24N4O3. The molecule has 1 aliphatic heterocycles. The van der Waals surface area contributed by atoms with Gasteiger partial charge in [-0.05, 0) is 29.7 Å². The van der Waals surface area contributed by atoms with E-state index in [9.17, 15) is 9.59 Å². The van der Waals surface area contributed by atoms with Gasteiger partial charge >= 0.3 is 0 Å². The molecule has 2 aromatic heterocycles. The second-order valence-electron chi connectivity index (χ2n) is 7.51. The van der Waals surface area contributed by atoms with Crippen molar-refractivity contribution in [3.63, 3.8) is 0 Å².